The Bertz CT molecular complexity index is 701. The van der Waals surface area contributed by atoms with Crippen LogP contribution in [0.15, 0.2) is 29.2 Å². The van der Waals surface area contributed by atoms with Gasteiger partial charge in [0, 0.05) is 25.6 Å². The van der Waals surface area contributed by atoms with Crippen molar-refractivity contribution in [3.63, 3.8) is 0 Å². The summed E-state index contributed by atoms with van der Waals surface area (Å²) in [5.74, 6) is 0.780. The molecule has 1 aliphatic heterocycles. The highest BCUT2D eigenvalue weighted by atomic mass is 32.2. The standard InChI is InChI=1S/C20H30N2O3S/c1-16-5-11-19(12-6-16)26(24,25)21-15-17-7-9-18(10-8-17)20(23)22-13-3-2-4-14-22/h5-6,11-12,17-18,21H,2-4,7-10,13-15H2,1H3. The molecule has 26 heavy (non-hydrogen) atoms. The molecule has 1 amide bonds. The fourth-order valence-electron chi connectivity index (χ4n) is 4.01. The zero-order valence-corrected chi connectivity index (χ0v) is 16.4. The van der Waals surface area contributed by atoms with Crippen molar-refractivity contribution in [3.05, 3.63) is 29.8 Å². The summed E-state index contributed by atoms with van der Waals surface area (Å²) in [6.07, 6.45) is 7.08. The van der Waals surface area contributed by atoms with Gasteiger partial charge in [0.05, 0.1) is 4.90 Å². The van der Waals surface area contributed by atoms with Crippen molar-refractivity contribution in [2.45, 2.75) is 56.8 Å². The average Bonchev–Trinajstić information content (AvgIpc) is 2.67. The minimum Gasteiger partial charge on any atom is -0.342 e. The highest BCUT2D eigenvalue weighted by molar-refractivity contribution is 7.89. The molecule has 1 N–H and O–H groups in total. The van der Waals surface area contributed by atoms with Gasteiger partial charge >= 0.3 is 0 Å². The average molecular weight is 379 g/mol. The fourth-order valence-corrected chi connectivity index (χ4v) is 5.13. The van der Waals surface area contributed by atoms with Crippen LogP contribution in [0.1, 0.15) is 50.5 Å². The van der Waals surface area contributed by atoms with Gasteiger partial charge in [-0.25, -0.2) is 13.1 Å². The number of benzene rings is 1. The molecule has 0 atom stereocenters. The van der Waals surface area contributed by atoms with Crippen LogP contribution in [0, 0.1) is 18.8 Å². The first kappa shape index (κ1) is 19.4. The lowest BCUT2D eigenvalue weighted by Gasteiger charge is -2.34. The maximum atomic E-state index is 12.6. The normalized spacial score (nSPS) is 24.4. The minimum absolute atomic E-state index is 0.137. The number of hydrogen-bond donors (Lipinski definition) is 1. The van der Waals surface area contributed by atoms with Gasteiger partial charge in [0.15, 0.2) is 0 Å². The topological polar surface area (TPSA) is 66.5 Å². The van der Waals surface area contributed by atoms with E-state index in [4.69, 9.17) is 0 Å². The number of amides is 1. The Kier molecular flexibility index (Phi) is 6.35. The fraction of sp³-hybridized carbons (Fsp3) is 0.650. The van der Waals surface area contributed by atoms with Crippen molar-refractivity contribution in [1.82, 2.24) is 9.62 Å². The van der Waals surface area contributed by atoms with Crippen molar-refractivity contribution >= 4 is 15.9 Å². The van der Waals surface area contributed by atoms with Crippen LogP contribution >= 0.6 is 0 Å². The lowest BCUT2D eigenvalue weighted by atomic mass is 9.81. The van der Waals surface area contributed by atoms with E-state index in [1.807, 2.05) is 24.0 Å². The summed E-state index contributed by atoms with van der Waals surface area (Å²) in [4.78, 5) is 15.0. The first-order valence-electron chi connectivity index (χ1n) is 9.81. The van der Waals surface area contributed by atoms with Gasteiger partial charge in [-0.1, -0.05) is 17.7 Å². The van der Waals surface area contributed by atoms with Gasteiger partial charge < -0.3 is 4.90 Å². The number of rotatable bonds is 5. The Hall–Kier alpha value is -1.40. The van der Waals surface area contributed by atoms with Crippen LogP contribution in [-0.4, -0.2) is 38.9 Å². The number of nitrogens with zero attached hydrogens (tertiary/aromatic N) is 1. The van der Waals surface area contributed by atoms with Crippen molar-refractivity contribution in [2.24, 2.45) is 11.8 Å². The van der Waals surface area contributed by atoms with E-state index in [9.17, 15) is 13.2 Å². The first-order valence-corrected chi connectivity index (χ1v) is 11.3. The number of piperidine rings is 1. The molecule has 1 saturated heterocycles. The predicted octanol–water partition coefficient (Wildman–Crippen LogP) is 3.09. The number of carbonyl (C=O) groups excluding carboxylic acids is 1. The zero-order valence-electron chi connectivity index (χ0n) is 15.6. The molecule has 0 aromatic heterocycles. The van der Waals surface area contributed by atoms with Crippen LogP contribution < -0.4 is 4.72 Å². The molecular weight excluding hydrogens is 348 g/mol. The Morgan fingerprint density at radius 2 is 1.65 bits per heavy atom. The van der Waals surface area contributed by atoms with Crippen molar-refractivity contribution in [1.29, 1.82) is 0 Å². The Morgan fingerprint density at radius 1 is 1.04 bits per heavy atom. The third-order valence-electron chi connectivity index (χ3n) is 5.76. The van der Waals surface area contributed by atoms with Gasteiger partial charge in [-0.05, 0) is 69.9 Å². The lowest BCUT2D eigenvalue weighted by Crippen LogP contribution is -2.41. The molecule has 0 spiro atoms. The van der Waals surface area contributed by atoms with Crippen LogP contribution in [-0.2, 0) is 14.8 Å². The van der Waals surface area contributed by atoms with E-state index in [2.05, 4.69) is 4.72 Å². The maximum Gasteiger partial charge on any atom is 0.240 e. The smallest absolute Gasteiger partial charge is 0.240 e. The molecule has 2 aliphatic rings. The van der Waals surface area contributed by atoms with Gasteiger partial charge in [-0.2, -0.15) is 0 Å². The van der Waals surface area contributed by atoms with E-state index in [1.165, 1.54) is 6.42 Å². The molecule has 2 fully saturated rings. The highest BCUT2D eigenvalue weighted by Crippen LogP contribution is 2.30. The second-order valence-corrected chi connectivity index (χ2v) is 9.54. The van der Waals surface area contributed by atoms with E-state index >= 15 is 0 Å². The van der Waals surface area contributed by atoms with Crippen LogP contribution in [0.3, 0.4) is 0 Å². The predicted molar refractivity (Wildman–Crippen MR) is 102 cm³/mol. The summed E-state index contributed by atoms with van der Waals surface area (Å²) < 4.78 is 27.5. The maximum absolute atomic E-state index is 12.6. The second kappa shape index (κ2) is 8.53. The van der Waals surface area contributed by atoms with Crippen LogP contribution in [0.25, 0.3) is 0 Å². The van der Waals surface area contributed by atoms with Crippen molar-refractivity contribution < 1.29 is 13.2 Å². The Labute approximate surface area is 157 Å². The summed E-state index contributed by atoms with van der Waals surface area (Å²) in [6, 6.07) is 6.91. The molecule has 6 heteroatoms. The molecule has 1 heterocycles. The minimum atomic E-state index is -3.45. The lowest BCUT2D eigenvalue weighted by molar-refractivity contribution is -0.137. The number of aryl methyl sites for hydroxylation is 1. The summed E-state index contributed by atoms with van der Waals surface area (Å²) in [7, 11) is -3.45. The summed E-state index contributed by atoms with van der Waals surface area (Å²) >= 11 is 0. The molecule has 1 aromatic rings. The number of hydrogen-bond acceptors (Lipinski definition) is 3. The third-order valence-corrected chi connectivity index (χ3v) is 7.20. The van der Waals surface area contributed by atoms with E-state index in [0.29, 0.717) is 23.3 Å². The van der Waals surface area contributed by atoms with Gasteiger partial charge in [0.25, 0.3) is 0 Å². The van der Waals surface area contributed by atoms with E-state index in [1.54, 1.807) is 12.1 Å². The number of likely N-dealkylation sites (tertiary alicyclic amines) is 1. The third kappa shape index (κ3) is 4.86. The summed E-state index contributed by atoms with van der Waals surface area (Å²) in [6.45, 7) is 4.22. The molecule has 0 bridgehead atoms. The van der Waals surface area contributed by atoms with Gasteiger partial charge in [-0.3, -0.25) is 4.79 Å². The van der Waals surface area contributed by atoms with Crippen molar-refractivity contribution in [3.8, 4) is 0 Å². The monoisotopic (exact) mass is 378 g/mol. The van der Waals surface area contributed by atoms with Gasteiger partial charge in [-0.15, -0.1) is 0 Å². The van der Waals surface area contributed by atoms with E-state index in [-0.39, 0.29) is 5.92 Å². The zero-order chi connectivity index (χ0) is 18.6. The SMILES string of the molecule is Cc1ccc(S(=O)(=O)NCC2CCC(C(=O)N3CCCCC3)CC2)cc1. The largest absolute Gasteiger partial charge is 0.342 e. The quantitative estimate of drug-likeness (QED) is 0.856. The molecule has 144 valence electrons. The van der Waals surface area contributed by atoms with E-state index in [0.717, 1.165) is 57.2 Å². The summed E-state index contributed by atoms with van der Waals surface area (Å²) in [5, 5.41) is 0. The first-order chi connectivity index (χ1) is 12.5. The molecule has 3 rings (SSSR count). The van der Waals surface area contributed by atoms with Crippen LogP contribution in [0.5, 0.6) is 0 Å². The van der Waals surface area contributed by atoms with Gasteiger partial charge in [0.2, 0.25) is 15.9 Å². The molecule has 1 aliphatic carbocycles. The number of sulfonamides is 1. The van der Waals surface area contributed by atoms with Gasteiger partial charge in [0.1, 0.15) is 0 Å². The second-order valence-electron chi connectivity index (χ2n) is 7.77. The van der Waals surface area contributed by atoms with Crippen LogP contribution in [0.2, 0.25) is 0 Å². The Morgan fingerprint density at radius 3 is 2.27 bits per heavy atom. The number of carbonyl (C=O) groups is 1. The molecule has 0 radical (unpaired) electrons. The molecule has 0 unspecified atom stereocenters. The summed E-state index contributed by atoms with van der Waals surface area (Å²) in [5.41, 5.74) is 1.04. The molecule has 1 saturated carbocycles. The molecule has 5 nitrogen and oxygen atoms in total. The van der Waals surface area contributed by atoms with Crippen molar-refractivity contribution in [2.75, 3.05) is 19.6 Å². The van der Waals surface area contributed by atoms with Crippen LogP contribution in [0.4, 0.5) is 0 Å². The number of nitrogens with one attached hydrogen (secondary N) is 1. The van der Waals surface area contributed by atoms with E-state index < -0.39 is 10.0 Å². The Balaban J connectivity index is 1.46. The molecular formula is C20H30N2O3S. The molecule has 1 aromatic carbocycles. The highest BCUT2D eigenvalue weighted by Gasteiger charge is 2.30.